The van der Waals surface area contributed by atoms with Gasteiger partial charge >= 0.3 is 0 Å². The van der Waals surface area contributed by atoms with Crippen molar-refractivity contribution in [3.05, 3.63) is 53.7 Å². The van der Waals surface area contributed by atoms with Crippen molar-refractivity contribution >= 4 is 5.91 Å². The Morgan fingerprint density at radius 2 is 2.00 bits per heavy atom. The summed E-state index contributed by atoms with van der Waals surface area (Å²) in [7, 11) is 0. The highest BCUT2D eigenvalue weighted by atomic mass is 16.5. The molecule has 5 nitrogen and oxygen atoms in total. The van der Waals surface area contributed by atoms with Gasteiger partial charge in [0.1, 0.15) is 5.75 Å². The third-order valence-corrected chi connectivity index (χ3v) is 3.77. The number of ether oxygens (including phenoxy) is 2. The van der Waals surface area contributed by atoms with Crippen LogP contribution in [0.3, 0.4) is 0 Å². The van der Waals surface area contributed by atoms with Crippen LogP contribution >= 0.6 is 0 Å². The first-order valence-electron chi connectivity index (χ1n) is 7.83. The van der Waals surface area contributed by atoms with Crippen molar-refractivity contribution < 1.29 is 14.3 Å². The van der Waals surface area contributed by atoms with Crippen molar-refractivity contribution in [2.45, 2.75) is 19.9 Å². The van der Waals surface area contributed by atoms with Crippen LogP contribution in [0.5, 0.6) is 11.6 Å². The lowest BCUT2D eigenvalue weighted by atomic mass is 10.1. The van der Waals surface area contributed by atoms with Crippen LogP contribution in [-0.2, 0) is 17.8 Å². The Bertz CT molecular complexity index is 673. The number of rotatable bonds is 5. The molecule has 1 amide bonds. The zero-order valence-electron chi connectivity index (χ0n) is 13.2. The third kappa shape index (κ3) is 3.80. The summed E-state index contributed by atoms with van der Waals surface area (Å²) in [5.41, 5.74) is 2.09. The summed E-state index contributed by atoms with van der Waals surface area (Å²) in [6.07, 6.45) is 0.743. The maximum absolute atomic E-state index is 12.3. The van der Waals surface area contributed by atoms with Crippen molar-refractivity contribution in [2.75, 3.05) is 19.8 Å². The average molecular weight is 312 g/mol. The molecular formula is C18H20N2O3. The summed E-state index contributed by atoms with van der Waals surface area (Å²) < 4.78 is 11.0. The zero-order chi connectivity index (χ0) is 16.1. The minimum absolute atomic E-state index is 0.00612. The molecule has 0 saturated carbocycles. The quantitative estimate of drug-likeness (QED) is 0.851. The molecule has 1 aliphatic heterocycles. The summed E-state index contributed by atoms with van der Waals surface area (Å²) in [5.74, 6) is 1.35. The predicted molar refractivity (Wildman–Crippen MR) is 86.5 cm³/mol. The Morgan fingerprint density at radius 3 is 2.78 bits per heavy atom. The van der Waals surface area contributed by atoms with Crippen LogP contribution in [0.15, 0.2) is 42.5 Å². The molecule has 1 aromatic heterocycles. The Morgan fingerprint density at radius 1 is 1.17 bits per heavy atom. The van der Waals surface area contributed by atoms with E-state index in [0.717, 1.165) is 17.7 Å². The SMILES string of the molecule is CCOc1ccc2c(n1)CCN(C(=O)COc1ccccc1)C2. The molecular weight excluding hydrogens is 292 g/mol. The summed E-state index contributed by atoms with van der Waals surface area (Å²) in [4.78, 5) is 18.6. The molecule has 0 fully saturated rings. The first-order valence-corrected chi connectivity index (χ1v) is 7.83. The number of hydrogen-bond acceptors (Lipinski definition) is 4. The van der Waals surface area contributed by atoms with Gasteiger partial charge in [0.15, 0.2) is 6.61 Å². The number of para-hydroxylation sites is 1. The van der Waals surface area contributed by atoms with E-state index in [9.17, 15) is 4.79 Å². The molecule has 0 saturated heterocycles. The van der Waals surface area contributed by atoms with Gasteiger partial charge < -0.3 is 14.4 Å². The molecule has 2 heterocycles. The minimum atomic E-state index is -0.00612. The van der Waals surface area contributed by atoms with Gasteiger partial charge in [0.05, 0.1) is 12.3 Å². The number of amides is 1. The van der Waals surface area contributed by atoms with Gasteiger partial charge in [-0.25, -0.2) is 4.98 Å². The molecule has 0 N–H and O–H groups in total. The third-order valence-electron chi connectivity index (χ3n) is 3.77. The Kier molecular flexibility index (Phi) is 4.76. The number of hydrogen-bond donors (Lipinski definition) is 0. The fourth-order valence-electron chi connectivity index (χ4n) is 2.59. The monoisotopic (exact) mass is 312 g/mol. The van der Waals surface area contributed by atoms with E-state index in [4.69, 9.17) is 9.47 Å². The molecule has 0 unspecified atom stereocenters. The van der Waals surface area contributed by atoms with E-state index >= 15 is 0 Å². The highest BCUT2D eigenvalue weighted by molar-refractivity contribution is 5.78. The van der Waals surface area contributed by atoms with Gasteiger partial charge in [-0.2, -0.15) is 0 Å². The molecule has 1 aliphatic rings. The van der Waals surface area contributed by atoms with Crippen LogP contribution < -0.4 is 9.47 Å². The lowest BCUT2D eigenvalue weighted by Crippen LogP contribution is -2.39. The van der Waals surface area contributed by atoms with Crippen molar-refractivity contribution in [3.8, 4) is 11.6 Å². The van der Waals surface area contributed by atoms with Crippen LogP contribution in [-0.4, -0.2) is 35.5 Å². The molecule has 0 radical (unpaired) electrons. The fourth-order valence-corrected chi connectivity index (χ4v) is 2.59. The lowest BCUT2D eigenvalue weighted by Gasteiger charge is -2.28. The minimum Gasteiger partial charge on any atom is -0.484 e. The van der Waals surface area contributed by atoms with Crippen molar-refractivity contribution in [1.82, 2.24) is 9.88 Å². The largest absolute Gasteiger partial charge is 0.484 e. The molecule has 0 atom stereocenters. The standard InChI is InChI=1S/C18H20N2O3/c1-2-22-17-9-8-14-12-20(11-10-16(14)19-17)18(21)13-23-15-6-4-3-5-7-15/h3-9H,2,10-13H2,1H3. The Hall–Kier alpha value is -2.56. The second-order valence-corrected chi connectivity index (χ2v) is 5.36. The number of aromatic nitrogens is 1. The van der Waals surface area contributed by atoms with Gasteiger partial charge in [0.25, 0.3) is 5.91 Å². The van der Waals surface area contributed by atoms with Crippen molar-refractivity contribution in [1.29, 1.82) is 0 Å². The number of nitrogens with zero attached hydrogens (tertiary/aromatic N) is 2. The van der Waals surface area contributed by atoms with E-state index in [1.54, 1.807) is 0 Å². The van der Waals surface area contributed by atoms with Gasteiger partial charge in [-0.05, 0) is 24.6 Å². The van der Waals surface area contributed by atoms with Crippen molar-refractivity contribution in [3.63, 3.8) is 0 Å². The predicted octanol–water partition coefficient (Wildman–Crippen LogP) is 2.44. The van der Waals surface area contributed by atoms with E-state index < -0.39 is 0 Å². The molecule has 0 spiro atoms. The first-order chi connectivity index (χ1) is 11.3. The number of pyridine rings is 1. The lowest BCUT2D eigenvalue weighted by molar-refractivity contribution is -0.134. The highest BCUT2D eigenvalue weighted by Gasteiger charge is 2.22. The van der Waals surface area contributed by atoms with Crippen LogP contribution in [0.1, 0.15) is 18.2 Å². The van der Waals surface area contributed by atoms with Crippen LogP contribution in [0.2, 0.25) is 0 Å². The summed E-state index contributed by atoms with van der Waals surface area (Å²) >= 11 is 0. The maximum atomic E-state index is 12.3. The van der Waals surface area contributed by atoms with Gasteiger partial charge in [-0.15, -0.1) is 0 Å². The summed E-state index contributed by atoms with van der Waals surface area (Å²) in [6, 6.07) is 13.2. The van der Waals surface area contributed by atoms with E-state index in [1.165, 1.54) is 0 Å². The average Bonchev–Trinajstić information content (AvgIpc) is 2.60. The Labute approximate surface area is 135 Å². The molecule has 2 aromatic rings. The van der Waals surface area contributed by atoms with E-state index in [2.05, 4.69) is 4.98 Å². The smallest absolute Gasteiger partial charge is 0.260 e. The molecule has 0 aliphatic carbocycles. The normalized spacial score (nSPS) is 13.3. The number of fused-ring (bicyclic) bond motifs is 1. The molecule has 23 heavy (non-hydrogen) atoms. The highest BCUT2D eigenvalue weighted by Crippen LogP contribution is 2.20. The fraction of sp³-hybridized carbons (Fsp3) is 0.333. The topological polar surface area (TPSA) is 51.7 Å². The number of carbonyl (C=O) groups excluding carboxylic acids is 1. The van der Waals surface area contributed by atoms with Gasteiger partial charge in [-0.1, -0.05) is 24.3 Å². The van der Waals surface area contributed by atoms with Crippen LogP contribution in [0.4, 0.5) is 0 Å². The van der Waals surface area contributed by atoms with E-state index in [1.807, 2.05) is 54.3 Å². The summed E-state index contributed by atoms with van der Waals surface area (Å²) in [6.45, 7) is 3.84. The van der Waals surface area contributed by atoms with Crippen molar-refractivity contribution in [2.24, 2.45) is 0 Å². The Balaban J connectivity index is 1.59. The zero-order valence-corrected chi connectivity index (χ0v) is 13.2. The first kappa shape index (κ1) is 15.3. The molecule has 1 aromatic carbocycles. The van der Waals surface area contributed by atoms with E-state index in [-0.39, 0.29) is 12.5 Å². The van der Waals surface area contributed by atoms with Crippen LogP contribution in [0.25, 0.3) is 0 Å². The number of carbonyl (C=O) groups is 1. The van der Waals surface area contributed by atoms with Gasteiger partial charge in [0, 0.05) is 25.6 Å². The second kappa shape index (κ2) is 7.13. The number of benzene rings is 1. The molecule has 3 rings (SSSR count). The van der Waals surface area contributed by atoms with Gasteiger partial charge in [-0.3, -0.25) is 4.79 Å². The maximum Gasteiger partial charge on any atom is 0.260 e. The van der Waals surface area contributed by atoms with Gasteiger partial charge in [0.2, 0.25) is 5.88 Å². The molecule has 120 valence electrons. The second-order valence-electron chi connectivity index (χ2n) is 5.36. The summed E-state index contributed by atoms with van der Waals surface area (Å²) in [5, 5.41) is 0. The van der Waals surface area contributed by atoms with E-state index in [0.29, 0.717) is 31.3 Å². The molecule has 5 heteroatoms. The van der Waals surface area contributed by atoms with Crippen LogP contribution in [0, 0.1) is 0 Å². The molecule has 0 bridgehead atoms.